The molecule has 1 aliphatic rings. The average Bonchev–Trinajstić information content (AvgIpc) is 2.45. The first-order valence-corrected chi connectivity index (χ1v) is 6.49. The Hall–Kier alpha value is -0.350. The molecule has 4 heteroatoms. The Morgan fingerprint density at radius 1 is 1.47 bits per heavy atom. The first-order chi connectivity index (χ1) is 7.08. The van der Waals surface area contributed by atoms with Crippen molar-refractivity contribution in [3.05, 3.63) is 28.2 Å². The molecule has 2 rings (SSSR count). The summed E-state index contributed by atoms with van der Waals surface area (Å²) in [5.74, 6) is 0.182. The van der Waals surface area contributed by atoms with Crippen molar-refractivity contribution in [1.82, 2.24) is 0 Å². The van der Waals surface area contributed by atoms with E-state index in [4.69, 9.17) is 0 Å². The fourth-order valence-electron chi connectivity index (χ4n) is 1.73. The normalized spacial score (nSPS) is 21.1. The maximum atomic E-state index is 11.7. The van der Waals surface area contributed by atoms with E-state index < -0.39 is 0 Å². The van der Waals surface area contributed by atoms with Crippen molar-refractivity contribution in [2.45, 2.75) is 18.2 Å². The number of hydrogen-bond acceptors (Lipinski definition) is 1. The van der Waals surface area contributed by atoms with Gasteiger partial charge in [-0.1, -0.05) is 22.0 Å². The third-order valence-corrected chi connectivity index (χ3v) is 3.72. The van der Waals surface area contributed by atoms with Crippen LogP contribution in [0.2, 0.25) is 0 Å². The van der Waals surface area contributed by atoms with Gasteiger partial charge in [0, 0.05) is 22.3 Å². The van der Waals surface area contributed by atoms with E-state index >= 15 is 0 Å². The third kappa shape index (κ3) is 2.26. The molecule has 0 bridgehead atoms. The lowest BCUT2D eigenvalue weighted by molar-refractivity contribution is -0.117. The lowest BCUT2D eigenvalue weighted by Crippen LogP contribution is -2.24. The van der Waals surface area contributed by atoms with E-state index in [1.165, 1.54) is 5.56 Å². The highest BCUT2D eigenvalue weighted by atomic mass is 79.9. The van der Waals surface area contributed by atoms with E-state index in [1.54, 1.807) is 0 Å². The maximum Gasteiger partial charge on any atom is 0.228 e. The molecular formula is C11H11Br2NO. The molecule has 1 heterocycles. The molecule has 1 atom stereocenters. The van der Waals surface area contributed by atoms with E-state index in [9.17, 15) is 4.79 Å². The van der Waals surface area contributed by atoms with Gasteiger partial charge in [-0.25, -0.2) is 0 Å². The number of aryl methyl sites for hydroxylation is 1. The van der Waals surface area contributed by atoms with Gasteiger partial charge < -0.3 is 4.90 Å². The molecular weight excluding hydrogens is 322 g/mol. The van der Waals surface area contributed by atoms with Crippen LogP contribution in [0.4, 0.5) is 5.69 Å². The summed E-state index contributed by atoms with van der Waals surface area (Å²) in [5, 5.41) is 0. The number of anilines is 1. The van der Waals surface area contributed by atoms with Crippen molar-refractivity contribution in [2.24, 2.45) is 0 Å². The van der Waals surface area contributed by atoms with Gasteiger partial charge in [0.15, 0.2) is 0 Å². The summed E-state index contributed by atoms with van der Waals surface area (Å²) >= 11 is 6.97. The molecule has 1 fully saturated rings. The number of alkyl halides is 1. The van der Waals surface area contributed by atoms with E-state index in [0.717, 1.165) is 16.7 Å². The maximum absolute atomic E-state index is 11.7. The molecule has 1 unspecified atom stereocenters. The van der Waals surface area contributed by atoms with Gasteiger partial charge in [-0.2, -0.15) is 0 Å². The lowest BCUT2D eigenvalue weighted by atomic mass is 10.2. The number of halogens is 2. The van der Waals surface area contributed by atoms with Crippen LogP contribution in [0, 0.1) is 6.92 Å². The lowest BCUT2D eigenvalue weighted by Gasteiger charge is -2.17. The summed E-state index contributed by atoms with van der Waals surface area (Å²) < 4.78 is 0.984. The highest BCUT2D eigenvalue weighted by Crippen LogP contribution is 2.31. The molecule has 0 N–H and O–H groups in total. The molecule has 1 saturated heterocycles. The predicted molar refractivity (Wildman–Crippen MR) is 68.6 cm³/mol. The fourth-order valence-corrected chi connectivity index (χ4v) is 3.00. The molecule has 1 aromatic carbocycles. The molecule has 0 saturated carbocycles. The largest absolute Gasteiger partial charge is 0.310 e. The Balaban J connectivity index is 2.34. The SMILES string of the molecule is Cc1ccc(N2CC(Br)CC2=O)c(Br)c1. The number of nitrogens with zero attached hydrogens (tertiary/aromatic N) is 1. The van der Waals surface area contributed by atoms with E-state index in [2.05, 4.69) is 31.9 Å². The fraction of sp³-hybridized carbons (Fsp3) is 0.364. The average molecular weight is 333 g/mol. The van der Waals surface area contributed by atoms with Gasteiger partial charge in [-0.05, 0) is 40.5 Å². The summed E-state index contributed by atoms with van der Waals surface area (Å²) in [4.78, 5) is 13.8. The predicted octanol–water partition coefficient (Wildman–Crippen LogP) is 3.26. The van der Waals surface area contributed by atoms with Crippen LogP contribution in [-0.2, 0) is 4.79 Å². The van der Waals surface area contributed by atoms with Crippen molar-refractivity contribution in [3.63, 3.8) is 0 Å². The smallest absolute Gasteiger partial charge is 0.228 e. The Labute approximate surface area is 106 Å². The van der Waals surface area contributed by atoms with Gasteiger partial charge in [0.1, 0.15) is 0 Å². The third-order valence-electron chi connectivity index (χ3n) is 2.47. The summed E-state index contributed by atoms with van der Waals surface area (Å²) in [6.45, 7) is 2.79. The van der Waals surface area contributed by atoms with E-state index in [0.29, 0.717) is 6.42 Å². The molecule has 1 aliphatic heterocycles. The van der Waals surface area contributed by atoms with Crippen LogP contribution in [0.1, 0.15) is 12.0 Å². The topological polar surface area (TPSA) is 20.3 Å². The molecule has 0 spiro atoms. The summed E-state index contributed by atoms with van der Waals surface area (Å²) in [5.41, 5.74) is 2.15. The highest BCUT2D eigenvalue weighted by Gasteiger charge is 2.29. The Morgan fingerprint density at radius 2 is 2.20 bits per heavy atom. The number of amides is 1. The number of carbonyl (C=O) groups excluding carboxylic acids is 1. The van der Waals surface area contributed by atoms with Gasteiger partial charge in [-0.15, -0.1) is 0 Å². The van der Waals surface area contributed by atoms with Crippen molar-refractivity contribution in [2.75, 3.05) is 11.4 Å². The van der Waals surface area contributed by atoms with Crippen LogP contribution in [0.5, 0.6) is 0 Å². The molecule has 2 nitrogen and oxygen atoms in total. The molecule has 80 valence electrons. The highest BCUT2D eigenvalue weighted by molar-refractivity contribution is 9.10. The van der Waals surface area contributed by atoms with E-state index in [1.807, 2.05) is 30.0 Å². The minimum atomic E-state index is 0.182. The van der Waals surface area contributed by atoms with Gasteiger partial charge in [0.05, 0.1) is 5.69 Å². The van der Waals surface area contributed by atoms with Gasteiger partial charge in [0.25, 0.3) is 0 Å². The van der Waals surface area contributed by atoms with Crippen molar-refractivity contribution >= 4 is 43.5 Å². The molecule has 0 aromatic heterocycles. The van der Waals surface area contributed by atoms with Crippen molar-refractivity contribution < 1.29 is 4.79 Å². The number of hydrogen-bond donors (Lipinski definition) is 0. The van der Waals surface area contributed by atoms with E-state index in [-0.39, 0.29) is 10.7 Å². The summed E-state index contributed by atoms with van der Waals surface area (Å²) in [7, 11) is 0. The second-order valence-electron chi connectivity index (χ2n) is 3.76. The molecule has 1 amide bonds. The van der Waals surface area contributed by atoms with Crippen molar-refractivity contribution in [3.8, 4) is 0 Å². The number of benzene rings is 1. The van der Waals surface area contributed by atoms with Crippen LogP contribution < -0.4 is 4.90 Å². The molecule has 15 heavy (non-hydrogen) atoms. The Bertz CT molecular complexity index is 406. The van der Waals surface area contributed by atoms with Gasteiger partial charge in [0.2, 0.25) is 5.91 Å². The monoisotopic (exact) mass is 331 g/mol. The van der Waals surface area contributed by atoms with Crippen LogP contribution in [-0.4, -0.2) is 17.3 Å². The van der Waals surface area contributed by atoms with Gasteiger partial charge >= 0.3 is 0 Å². The first kappa shape index (κ1) is 11.1. The van der Waals surface area contributed by atoms with Crippen LogP contribution in [0.15, 0.2) is 22.7 Å². The number of rotatable bonds is 1. The molecule has 0 aliphatic carbocycles. The van der Waals surface area contributed by atoms with Crippen LogP contribution in [0.3, 0.4) is 0 Å². The minimum Gasteiger partial charge on any atom is -0.310 e. The molecule has 1 aromatic rings. The standard InChI is InChI=1S/C11H11Br2NO/c1-7-2-3-10(9(13)4-7)14-6-8(12)5-11(14)15/h2-4,8H,5-6H2,1H3. The first-order valence-electron chi connectivity index (χ1n) is 4.78. The summed E-state index contributed by atoms with van der Waals surface area (Å²) in [6.07, 6.45) is 0.584. The Kier molecular flexibility index (Phi) is 3.16. The Morgan fingerprint density at radius 3 is 2.73 bits per heavy atom. The zero-order chi connectivity index (χ0) is 11.0. The number of carbonyl (C=O) groups is 1. The van der Waals surface area contributed by atoms with Gasteiger partial charge in [-0.3, -0.25) is 4.79 Å². The van der Waals surface area contributed by atoms with Crippen LogP contribution in [0.25, 0.3) is 0 Å². The zero-order valence-electron chi connectivity index (χ0n) is 8.34. The molecule has 0 radical (unpaired) electrons. The summed E-state index contributed by atoms with van der Waals surface area (Å²) in [6, 6.07) is 6.04. The minimum absolute atomic E-state index is 0.182. The van der Waals surface area contributed by atoms with Crippen LogP contribution >= 0.6 is 31.9 Å². The quantitative estimate of drug-likeness (QED) is 0.723. The second-order valence-corrected chi connectivity index (χ2v) is 5.91. The zero-order valence-corrected chi connectivity index (χ0v) is 11.5. The van der Waals surface area contributed by atoms with Crippen molar-refractivity contribution in [1.29, 1.82) is 0 Å². The second kappa shape index (κ2) is 4.26.